The van der Waals surface area contributed by atoms with Gasteiger partial charge in [0.1, 0.15) is 6.07 Å². The van der Waals surface area contributed by atoms with Gasteiger partial charge in [-0.15, -0.1) is 9.24 Å². The van der Waals surface area contributed by atoms with Crippen LogP contribution in [0.25, 0.3) is 10.9 Å². The van der Waals surface area contributed by atoms with Gasteiger partial charge in [-0.2, -0.15) is 15.5 Å². The molecule has 2 atom stereocenters. The number of benzene rings is 2. The molecule has 0 bridgehead atoms. The van der Waals surface area contributed by atoms with Gasteiger partial charge < -0.3 is 0 Å². The van der Waals surface area contributed by atoms with Crippen molar-refractivity contribution in [1.82, 2.24) is 14.8 Å². The summed E-state index contributed by atoms with van der Waals surface area (Å²) in [7, 11) is 2.72. The largest absolute Gasteiger partial charge is 0.269 e. The molecule has 0 saturated heterocycles. The number of carbonyl (C=O) groups is 1. The highest BCUT2D eigenvalue weighted by atomic mass is 31.0. The molecule has 7 heteroatoms. The summed E-state index contributed by atoms with van der Waals surface area (Å²) >= 11 is 0. The summed E-state index contributed by atoms with van der Waals surface area (Å²) in [5.74, 6) is -0.145. The number of amides is 1. The first kappa shape index (κ1) is 21.0. The Hall–Kier alpha value is -3.29. The number of nitrogens with zero attached hydrogens (tertiary/aromatic N) is 5. The van der Waals surface area contributed by atoms with Crippen molar-refractivity contribution in [3.05, 3.63) is 71.4 Å². The molecule has 1 aliphatic rings. The van der Waals surface area contributed by atoms with Crippen molar-refractivity contribution in [2.45, 2.75) is 38.8 Å². The number of hydrogen-bond acceptors (Lipinski definition) is 4. The molecule has 1 aromatic heterocycles. The molecule has 2 unspecified atom stereocenters. The highest BCUT2D eigenvalue weighted by molar-refractivity contribution is 7.27. The molecule has 6 nitrogen and oxygen atoms in total. The Morgan fingerprint density at radius 2 is 2.19 bits per heavy atom. The molecule has 0 aliphatic carbocycles. The lowest BCUT2D eigenvalue weighted by molar-refractivity contribution is -0.129. The number of nitriles is 1. The van der Waals surface area contributed by atoms with E-state index in [0.29, 0.717) is 36.9 Å². The predicted octanol–water partition coefficient (Wildman–Crippen LogP) is 4.01. The van der Waals surface area contributed by atoms with Crippen LogP contribution in [0.15, 0.2) is 59.8 Å². The van der Waals surface area contributed by atoms with Crippen molar-refractivity contribution < 1.29 is 4.79 Å². The van der Waals surface area contributed by atoms with E-state index in [4.69, 9.17) is 0 Å². The third-order valence-corrected chi connectivity index (χ3v) is 5.81. The molecule has 156 valence electrons. The highest BCUT2D eigenvalue weighted by Gasteiger charge is 2.29. The zero-order valence-corrected chi connectivity index (χ0v) is 18.6. The average Bonchev–Trinajstić information content (AvgIpc) is 3.40. The van der Waals surface area contributed by atoms with Crippen LogP contribution in [-0.2, 0) is 11.3 Å². The summed E-state index contributed by atoms with van der Waals surface area (Å²) in [6.45, 7) is 6.68. The van der Waals surface area contributed by atoms with Gasteiger partial charge in [-0.05, 0) is 42.8 Å². The maximum atomic E-state index is 13.0. The lowest BCUT2D eigenvalue weighted by Gasteiger charge is -2.23. The number of rotatable bonds is 6. The Bertz CT molecular complexity index is 1220. The monoisotopic (exact) mass is 429 g/mol. The number of para-hydroxylation sites is 1. The van der Waals surface area contributed by atoms with Gasteiger partial charge in [0.25, 0.3) is 5.91 Å². The fraction of sp³-hybridized carbons (Fsp3) is 0.250. The Balaban J connectivity index is 1.41. The van der Waals surface area contributed by atoms with E-state index < -0.39 is 0 Å². The zero-order chi connectivity index (χ0) is 22.0. The Morgan fingerprint density at radius 1 is 1.35 bits per heavy atom. The van der Waals surface area contributed by atoms with Crippen LogP contribution in [0.2, 0.25) is 0 Å². The minimum absolute atomic E-state index is 0.100. The third-order valence-electron chi connectivity index (χ3n) is 5.48. The Labute approximate surface area is 184 Å². The molecule has 3 aromatic rings. The normalized spacial score (nSPS) is 15.4. The van der Waals surface area contributed by atoms with Crippen molar-refractivity contribution in [2.24, 2.45) is 5.10 Å². The van der Waals surface area contributed by atoms with Crippen molar-refractivity contribution in [2.75, 3.05) is 0 Å². The number of hydrazone groups is 1. The van der Waals surface area contributed by atoms with Gasteiger partial charge in [0.15, 0.2) is 0 Å². The molecule has 0 saturated carbocycles. The molecular formula is C24H24N5OP. The van der Waals surface area contributed by atoms with Crippen LogP contribution in [0.1, 0.15) is 42.0 Å². The lowest BCUT2D eigenvalue weighted by Crippen LogP contribution is -2.28. The molecule has 31 heavy (non-hydrogen) atoms. The summed E-state index contributed by atoms with van der Waals surface area (Å²) < 4.78 is 1.83. The number of aryl methyl sites for hydroxylation is 2. The van der Waals surface area contributed by atoms with Crippen LogP contribution in [0, 0.1) is 18.3 Å². The molecule has 2 heterocycles. The number of hydrogen-bond donors (Lipinski definition) is 0. The zero-order valence-electron chi connectivity index (χ0n) is 17.5. The SMILES string of the molecule is C=C(CCCn1ncc2cccc(C#N)c21)C(=O)N1N=CCC1c1cc(C)cc(P)c1. The topological polar surface area (TPSA) is 74.3 Å². The molecule has 1 amide bonds. The fourth-order valence-electron chi connectivity index (χ4n) is 4.04. The van der Waals surface area contributed by atoms with Crippen LogP contribution in [0.5, 0.6) is 0 Å². The van der Waals surface area contributed by atoms with Gasteiger partial charge in [0.05, 0.1) is 23.3 Å². The molecule has 0 radical (unpaired) electrons. The number of carbonyl (C=O) groups excluding carboxylic acids is 1. The quantitative estimate of drug-likeness (QED) is 0.439. The minimum atomic E-state index is -0.145. The Kier molecular flexibility index (Phi) is 5.97. The number of aromatic nitrogens is 2. The Morgan fingerprint density at radius 3 is 2.97 bits per heavy atom. The van der Waals surface area contributed by atoms with Gasteiger partial charge in [-0.25, -0.2) is 5.01 Å². The van der Waals surface area contributed by atoms with Gasteiger partial charge >= 0.3 is 0 Å². The summed E-state index contributed by atoms with van der Waals surface area (Å²) in [5.41, 5.74) is 4.20. The summed E-state index contributed by atoms with van der Waals surface area (Å²) in [5, 5.41) is 21.7. The van der Waals surface area contributed by atoms with Crippen molar-refractivity contribution in [3.63, 3.8) is 0 Å². The molecule has 0 fully saturated rings. The van der Waals surface area contributed by atoms with E-state index in [9.17, 15) is 10.1 Å². The lowest BCUT2D eigenvalue weighted by atomic mass is 10.0. The van der Waals surface area contributed by atoms with E-state index in [-0.39, 0.29) is 11.9 Å². The predicted molar refractivity (Wildman–Crippen MR) is 126 cm³/mol. The maximum absolute atomic E-state index is 13.0. The molecule has 1 aliphatic heterocycles. The number of fused-ring (bicyclic) bond motifs is 1. The fourth-order valence-corrected chi connectivity index (χ4v) is 4.49. The first-order chi connectivity index (χ1) is 15.0. The van der Waals surface area contributed by atoms with Crippen LogP contribution >= 0.6 is 9.24 Å². The van der Waals surface area contributed by atoms with Crippen LogP contribution in [0.4, 0.5) is 0 Å². The third kappa shape index (κ3) is 4.28. The van der Waals surface area contributed by atoms with Crippen molar-refractivity contribution in [1.29, 1.82) is 5.26 Å². The molecular weight excluding hydrogens is 405 g/mol. The van der Waals surface area contributed by atoms with Gasteiger partial charge in [0.2, 0.25) is 0 Å². The standard InChI is InChI=1S/C24H24N5OP/c1-16-11-20(13-21(31)12-16)22-8-9-26-29(22)24(30)17(2)5-4-10-28-23-18(14-25)6-3-7-19(23)15-27-28/h3,6-7,9,11-13,15,22H,2,4-5,8,10,31H2,1H3. The van der Waals surface area contributed by atoms with Crippen LogP contribution < -0.4 is 5.30 Å². The van der Waals surface area contributed by atoms with Crippen molar-refractivity contribution in [3.8, 4) is 6.07 Å². The minimum Gasteiger partial charge on any atom is -0.268 e. The van der Waals surface area contributed by atoms with Gasteiger partial charge in [-0.1, -0.05) is 36.4 Å². The van der Waals surface area contributed by atoms with E-state index in [2.05, 4.69) is 57.2 Å². The second-order valence-electron chi connectivity index (χ2n) is 7.81. The second kappa shape index (κ2) is 8.83. The first-order valence-corrected chi connectivity index (χ1v) is 10.8. The van der Waals surface area contributed by atoms with Gasteiger partial charge in [-0.3, -0.25) is 9.48 Å². The van der Waals surface area contributed by atoms with Crippen molar-refractivity contribution >= 4 is 37.6 Å². The van der Waals surface area contributed by atoms with Crippen LogP contribution in [-0.4, -0.2) is 26.9 Å². The van der Waals surface area contributed by atoms with Crippen LogP contribution in [0.3, 0.4) is 0 Å². The molecule has 2 aromatic carbocycles. The smallest absolute Gasteiger partial charge is 0.268 e. The molecule has 4 rings (SSSR count). The van der Waals surface area contributed by atoms with E-state index in [1.165, 1.54) is 0 Å². The average molecular weight is 429 g/mol. The van der Waals surface area contributed by atoms with Gasteiger partial charge in [0, 0.05) is 30.1 Å². The van der Waals surface area contributed by atoms with E-state index >= 15 is 0 Å². The summed E-state index contributed by atoms with van der Waals surface area (Å²) in [6.07, 6.45) is 5.49. The molecule has 0 spiro atoms. The highest BCUT2D eigenvalue weighted by Crippen LogP contribution is 2.30. The summed E-state index contributed by atoms with van der Waals surface area (Å²) in [6, 6.07) is 14.0. The first-order valence-electron chi connectivity index (χ1n) is 10.2. The van der Waals surface area contributed by atoms with E-state index in [1.54, 1.807) is 23.5 Å². The summed E-state index contributed by atoms with van der Waals surface area (Å²) in [4.78, 5) is 13.0. The second-order valence-corrected chi connectivity index (χ2v) is 8.47. The van der Waals surface area contributed by atoms with E-state index in [0.717, 1.165) is 27.3 Å². The maximum Gasteiger partial charge on any atom is 0.269 e. The molecule has 0 N–H and O–H groups in total. The van der Waals surface area contributed by atoms with E-state index in [1.807, 2.05) is 16.8 Å².